The summed E-state index contributed by atoms with van der Waals surface area (Å²) in [5.74, 6) is 1.60. The Morgan fingerprint density at radius 3 is 2.50 bits per heavy atom. The lowest BCUT2D eigenvalue weighted by Gasteiger charge is -2.50. The second-order valence-electron chi connectivity index (χ2n) is 13.6. The molecule has 3 saturated heterocycles. The van der Waals surface area contributed by atoms with Crippen LogP contribution in [0.4, 0.5) is 4.79 Å². The molecule has 11 nitrogen and oxygen atoms in total. The fourth-order valence-electron chi connectivity index (χ4n) is 7.81. The molecule has 0 spiro atoms. The van der Waals surface area contributed by atoms with Crippen LogP contribution < -0.4 is 20.3 Å². The number of aromatic hydroxyl groups is 1. The molecule has 0 aliphatic carbocycles. The van der Waals surface area contributed by atoms with Crippen LogP contribution in [0.5, 0.6) is 17.2 Å². The molecule has 11 heteroatoms. The molecule has 3 atom stereocenters. The van der Waals surface area contributed by atoms with E-state index in [9.17, 15) is 24.9 Å². The first-order valence-corrected chi connectivity index (χ1v) is 17.7. The topological polar surface area (TPSA) is 148 Å². The minimum Gasteiger partial charge on any atom is -0.506 e. The number of nitrogens with one attached hydrogen (secondary N) is 2. The molecule has 4 heterocycles. The van der Waals surface area contributed by atoms with Gasteiger partial charge in [-0.25, -0.2) is 4.79 Å². The molecule has 3 aliphatic rings. The number of hydrogen-bond acceptors (Lipinski definition) is 8. The zero-order chi connectivity index (χ0) is 36.2. The van der Waals surface area contributed by atoms with Crippen molar-refractivity contribution in [1.29, 1.82) is 0 Å². The van der Waals surface area contributed by atoms with Gasteiger partial charge in [0.2, 0.25) is 5.56 Å². The number of carboxylic acid groups (broad SMARTS) is 1. The fraction of sp³-hybridized carbons (Fsp3) is 0.317. The Balaban J connectivity index is 1.03. The summed E-state index contributed by atoms with van der Waals surface area (Å²) in [5.41, 5.74) is 4.12. The second kappa shape index (κ2) is 15.5. The third kappa shape index (κ3) is 7.48. The van der Waals surface area contributed by atoms with E-state index in [1.165, 1.54) is 12.1 Å². The predicted molar refractivity (Wildman–Crippen MR) is 198 cm³/mol. The van der Waals surface area contributed by atoms with Gasteiger partial charge in [-0.3, -0.25) is 9.69 Å². The summed E-state index contributed by atoms with van der Waals surface area (Å²) in [7, 11) is 1.61. The van der Waals surface area contributed by atoms with E-state index in [-0.39, 0.29) is 36.0 Å². The molecule has 8 rings (SSSR count). The Morgan fingerprint density at radius 1 is 0.981 bits per heavy atom. The molecule has 3 aliphatic heterocycles. The van der Waals surface area contributed by atoms with Crippen molar-refractivity contribution in [3.8, 4) is 17.2 Å². The molecule has 4 aromatic carbocycles. The number of ether oxygens (including phenoxy) is 2. The lowest BCUT2D eigenvalue weighted by atomic mass is 9.81. The smallest absolute Gasteiger partial charge is 0.408 e. The number of pyridine rings is 1. The molecule has 2 bridgehead atoms. The summed E-state index contributed by atoms with van der Waals surface area (Å²) in [4.78, 5) is 31.5. The van der Waals surface area contributed by atoms with Gasteiger partial charge in [-0.1, -0.05) is 60.7 Å². The van der Waals surface area contributed by atoms with Gasteiger partial charge >= 0.3 is 6.09 Å². The standard InChI is InChI=1S/C41H44N4O7/c1-51-37-20-26(10-11-30(37)22-42-23-36(47)32-12-14-35(46)39-33(32)13-15-38(48)43-39)25-52-31-9-5-8-29(21-31)40(28-6-3-2-4-7-28)45(41(49)50)34-24-44-18-16-27(34)17-19-44/h2-15,20-21,27,34,36,40,42,46-47H,16-19,22-25H2,1H3,(H,43,48)(H,49,50)/t34-,36-,40-/m0/s1. The van der Waals surface area contributed by atoms with Crippen molar-refractivity contribution in [2.24, 2.45) is 5.92 Å². The van der Waals surface area contributed by atoms with Crippen LogP contribution in [-0.2, 0) is 13.2 Å². The number of aliphatic hydroxyl groups excluding tert-OH is 1. The largest absolute Gasteiger partial charge is 0.506 e. The quantitative estimate of drug-likeness (QED) is 0.103. The van der Waals surface area contributed by atoms with Crippen LogP contribution in [0.2, 0.25) is 0 Å². The fourth-order valence-corrected chi connectivity index (χ4v) is 7.81. The van der Waals surface area contributed by atoms with Crippen LogP contribution >= 0.6 is 0 Å². The lowest BCUT2D eigenvalue weighted by Crippen LogP contribution is -2.59. The van der Waals surface area contributed by atoms with E-state index in [0.717, 1.165) is 54.7 Å². The molecular formula is C41H44N4O7. The van der Waals surface area contributed by atoms with E-state index in [4.69, 9.17) is 9.47 Å². The summed E-state index contributed by atoms with van der Waals surface area (Å²) in [6.45, 7) is 3.75. The number of H-pyrrole nitrogens is 1. The monoisotopic (exact) mass is 704 g/mol. The minimum absolute atomic E-state index is 0.0565. The molecule has 0 saturated carbocycles. The number of aliphatic hydroxyl groups is 1. The average Bonchev–Trinajstić information content (AvgIpc) is 3.17. The third-order valence-corrected chi connectivity index (χ3v) is 10.4. The summed E-state index contributed by atoms with van der Waals surface area (Å²) >= 11 is 0. The van der Waals surface area contributed by atoms with Crippen molar-refractivity contribution >= 4 is 17.0 Å². The summed E-state index contributed by atoms with van der Waals surface area (Å²) < 4.78 is 12.0. The molecule has 5 N–H and O–H groups in total. The van der Waals surface area contributed by atoms with Gasteiger partial charge in [-0.15, -0.1) is 0 Å². The Labute approximate surface area is 302 Å². The van der Waals surface area contributed by atoms with Gasteiger partial charge in [0.15, 0.2) is 0 Å². The molecule has 1 amide bonds. The minimum atomic E-state index is -0.915. The van der Waals surface area contributed by atoms with Gasteiger partial charge in [-0.05, 0) is 84.4 Å². The van der Waals surface area contributed by atoms with E-state index >= 15 is 0 Å². The van der Waals surface area contributed by atoms with Crippen molar-refractivity contribution in [3.63, 3.8) is 0 Å². The summed E-state index contributed by atoms with van der Waals surface area (Å²) in [5, 5.41) is 35.6. The highest BCUT2D eigenvalue weighted by Crippen LogP contribution is 2.39. The highest BCUT2D eigenvalue weighted by molar-refractivity contribution is 5.87. The van der Waals surface area contributed by atoms with E-state index in [1.807, 2.05) is 72.8 Å². The molecule has 5 aromatic rings. The van der Waals surface area contributed by atoms with E-state index in [2.05, 4.69) is 15.2 Å². The van der Waals surface area contributed by atoms with Crippen LogP contribution in [0.1, 0.15) is 52.8 Å². The molecule has 0 radical (unpaired) electrons. The Kier molecular flexibility index (Phi) is 10.4. The number of phenols is 1. The molecule has 1 aromatic heterocycles. The normalized spacial score (nSPS) is 19.2. The van der Waals surface area contributed by atoms with Crippen LogP contribution in [-0.4, -0.2) is 75.5 Å². The number of nitrogens with zero attached hydrogens (tertiary/aromatic N) is 2. The molecule has 0 unspecified atom stereocenters. The number of amides is 1. The van der Waals surface area contributed by atoms with Gasteiger partial charge in [0, 0.05) is 36.7 Å². The van der Waals surface area contributed by atoms with E-state index in [0.29, 0.717) is 34.9 Å². The molecule has 270 valence electrons. The van der Waals surface area contributed by atoms with Gasteiger partial charge in [-0.2, -0.15) is 0 Å². The maximum absolute atomic E-state index is 13.0. The van der Waals surface area contributed by atoms with Crippen molar-refractivity contribution < 1.29 is 29.6 Å². The number of fused-ring (bicyclic) bond motifs is 4. The first kappa shape index (κ1) is 35.1. The number of aromatic amines is 1. The number of aromatic nitrogens is 1. The number of methoxy groups -OCH3 is 1. The van der Waals surface area contributed by atoms with E-state index in [1.54, 1.807) is 24.1 Å². The summed E-state index contributed by atoms with van der Waals surface area (Å²) in [6.07, 6.45) is 0.228. The number of piperidine rings is 3. The Bertz CT molecular complexity index is 2080. The van der Waals surface area contributed by atoms with Crippen LogP contribution in [0.3, 0.4) is 0 Å². The zero-order valence-corrected chi connectivity index (χ0v) is 29.1. The average molecular weight is 705 g/mol. The van der Waals surface area contributed by atoms with Gasteiger partial charge in [0.25, 0.3) is 0 Å². The first-order chi connectivity index (χ1) is 25.3. The highest BCUT2D eigenvalue weighted by Gasteiger charge is 2.43. The van der Waals surface area contributed by atoms with Crippen molar-refractivity contribution in [1.82, 2.24) is 20.1 Å². The van der Waals surface area contributed by atoms with Gasteiger partial charge in [0.05, 0.1) is 30.8 Å². The Morgan fingerprint density at radius 2 is 1.77 bits per heavy atom. The number of hydrogen-bond donors (Lipinski definition) is 5. The summed E-state index contributed by atoms with van der Waals surface area (Å²) in [6, 6.07) is 28.9. The van der Waals surface area contributed by atoms with Crippen LogP contribution in [0, 0.1) is 5.92 Å². The van der Waals surface area contributed by atoms with Crippen molar-refractivity contribution in [3.05, 3.63) is 135 Å². The van der Waals surface area contributed by atoms with E-state index < -0.39 is 18.2 Å². The predicted octanol–water partition coefficient (Wildman–Crippen LogP) is 5.81. The first-order valence-electron chi connectivity index (χ1n) is 17.7. The van der Waals surface area contributed by atoms with Crippen molar-refractivity contribution in [2.45, 2.75) is 44.2 Å². The Hall–Kier alpha value is -5.36. The second-order valence-corrected chi connectivity index (χ2v) is 13.6. The zero-order valence-electron chi connectivity index (χ0n) is 29.1. The lowest BCUT2D eigenvalue weighted by molar-refractivity contribution is -0.000812. The SMILES string of the molecule is COc1cc(COc2cccc([C@H](c3ccccc3)N(C(=O)O)[C@H]3CN4CCC3CC4)c2)ccc1CNC[C@H](O)c1ccc(O)c2[nH]c(=O)ccc12. The number of rotatable bonds is 13. The molecule has 3 fully saturated rings. The van der Waals surface area contributed by atoms with Crippen LogP contribution in [0.15, 0.2) is 102 Å². The highest BCUT2D eigenvalue weighted by atomic mass is 16.5. The third-order valence-electron chi connectivity index (χ3n) is 10.4. The maximum atomic E-state index is 13.0. The molecular weight excluding hydrogens is 660 g/mol. The van der Waals surface area contributed by atoms with Crippen molar-refractivity contribution in [2.75, 3.05) is 33.3 Å². The molecule has 52 heavy (non-hydrogen) atoms. The number of benzene rings is 4. The number of phenolic OH excluding ortho intramolecular Hbond substituents is 1. The van der Waals surface area contributed by atoms with Gasteiger partial charge < -0.3 is 40.0 Å². The maximum Gasteiger partial charge on any atom is 0.408 e. The number of carbonyl (C=O) groups is 1. The van der Waals surface area contributed by atoms with Gasteiger partial charge in [0.1, 0.15) is 23.9 Å². The van der Waals surface area contributed by atoms with Crippen LogP contribution in [0.25, 0.3) is 10.9 Å².